The van der Waals surface area contributed by atoms with E-state index in [0.717, 1.165) is 32.2 Å². The van der Waals surface area contributed by atoms with Crippen molar-refractivity contribution in [2.75, 3.05) is 13.1 Å². The van der Waals surface area contributed by atoms with Crippen molar-refractivity contribution in [2.45, 2.75) is 69.9 Å². The van der Waals surface area contributed by atoms with Gasteiger partial charge in [-0.15, -0.1) is 0 Å². The Morgan fingerprint density at radius 1 is 1.15 bits per heavy atom. The third-order valence-corrected chi connectivity index (χ3v) is 8.32. The second-order valence-corrected chi connectivity index (χ2v) is 10.6. The fourth-order valence-corrected chi connectivity index (χ4v) is 7.90. The van der Waals surface area contributed by atoms with Crippen LogP contribution in [-0.4, -0.2) is 25.0 Å². The van der Waals surface area contributed by atoms with Gasteiger partial charge in [-0.25, -0.2) is 4.39 Å². The third-order valence-electron chi connectivity index (χ3n) is 8.32. The summed E-state index contributed by atoms with van der Waals surface area (Å²) in [4.78, 5) is 13.6. The fraction of sp³-hybridized carbons (Fsp3) is 0.708. The van der Waals surface area contributed by atoms with E-state index in [-0.39, 0.29) is 22.2 Å². The van der Waals surface area contributed by atoms with Gasteiger partial charge in [0.2, 0.25) is 0 Å². The van der Waals surface area contributed by atoms with E-state index in [1.165, 1.54) is 24.8 Å². The summed E-state index contributed by atoms with van der Waals surface area (Å²) >= 11 is 0. The SMILES string of the molecule is CC12CC3CC(C(=O)C[C@@H]4CCNC[C@H]4F)(C1)CC(c1ccccc1)(C3)C2. The summed E-state index contributed by atoms with van der Waals surface area (Å²) in [6, 6.07) is 10.9. The largest absolute Gasteiger partial charge is 0.314 e. The van der Waals surface area contributed by atoms with Crippen LogP contribution in [0.4, 0.5) is 4.39 Å². The first-order chi connectivity index (χ1) is 12.9. The Morgan fingerprint density at radius 3 is 2.70 bits per heavy atom. The van der Waals surface area contributed by atoms with E-state index < -0.39 is 6.17 Å². The molecule has 146 valence electrons. The number of rotatable bonds is 4. The summed E-state index contributed by atoms with van der Waals surface area (Å²) in [5.74, 6) is 0.963. The van der Waals surface area contributed by atoms with Crippen LogP contribution in [-0.2, 0) is 10.2 Å². The number of benzene rings is 1. The molecule has 0 radical (unpaired) electrons. The standard InChI is InChI=1S/C24H32FNO/c1-22-10-17-11-23(14-22,19-5-3-2-4-6-19)16-24(12-17,15-22)21(27)9-18-7-8-26-13-20(18)25/h2-6,17-18,20,26H,7-16H2,1H3/t17?,18-,20+,22?,23?,24?/m0/s1. The molecule has 4 saturated carbocycles. The highest BCUT2D eigenvalue weighted by molar-refractivity contribution is 5.86. The van der Waals surface area contributed by atoms with Gasteiger partial charge >= 0.3 is 0 Å². The van der Waals surface area contributed by atoms with Crippen LogP contribution in [0.5, 0.6) is 0 Å². The van der Waals surface area contributed by atoms with E-state index in [1.807, 2.05) is 0 Å². The smallest absolute Gasteiger partial charge is 0.139 e. The third kappa shape index (κ3) is 2.88. The predicted octanol–water partition coefficient (Wildman–Crippen LogP) is 4.82. The Hall–Kier alpha value is -1.22. The van der Waals surface area contributed by atoms with Crippen LogP contribution < -0.4 is 5.32 Å². The van der Waals surface area contributed by atoms with Crippen molar-refractivity contribution in [1.82, 2.24) is 5.32 Å². The number of hydrogen-bond donors (Lipinski definition) is 1. The van der Waals surface area contributed by atoms with Crippen molar-refractivity contribution in [1.29, 1.82) is 0 Å². The molecule has 1 aromatic carbocycles. The lowest BCUT2D eigenvalue weighted by atomic mass is 9.38. The molecule has 1 saturated heterocycles. The summed E-state index contributed by atoms with van der Waals surface area (Å²) in [6.07, 6.45) is 7.20. The van der Waals surface area contributed by atoms with Gasteiger partial charge in [0.25, 0.3) is 0 Å². The van der Waals surface area contributed by atoms with Crippen LogP contribution in [0, 0.1) is 22.7 Å². The molecule has 0 aromatic heterocycles. The van der Waals surface area contributed by atoms with Gasteiger partial charge in [-0.2, -0.15) is 0 Å². The molecule has 27 heavy (non-hydrogen) atoms. The quantitative estimate of drug-likeness (QED) is 0.824. The monoisotopic (exact) mass is 369 g/mol. The van der Waals surface area contributed by atoms with Crippen LogP contribution in [0.2, 0.25) is 0 Å². The number of alkyl halides is 1. The Kier molecular flexibility index (Phi) is 4.06. The highest BCUT2D eigenvalue weighted by Gasteiger charge is 2.64. The summed E-state index contributed by atoms with van der Waals surface area (Å²) in [5, 5.41) is 3.12. The van der Waals surface area contributed by atoms with E-state index in [9.17, 15) is 9.18 Å². The molecular formula is C24H32FNO. The van der Waals surface area contributed by atoms with Gasteiger partial charge < -0.3 is 5.32 Å². The summed E-state index contributed by atoms with van der Waals surface area (Å²) in [7, 11) is 0. The number of nitrogens with one attached hydrogen (secondary N) is 1. The maximum Gasteiger partial charge on any atom is 0.139 e. The van der Waals surface area contributed by atoms with E-state index in [1.54, 1.807) is 0 Å². The number of Topliss-reactive ketones (excluding diaryl/α,β-unsaturated/α-hetero) is 1. The van der Waals surface area contributed by atoms with Crippen LogP contribution in [0.3, 0.4) is 0 Å². The molecule has 6 rings (SSSR count). The minimum Gasteiger partial charge on any atom is -0.314 e. The van der Waals surface area contributed by atoms with Gasteiger partial charge in [0.05, 0.1) is 0 Å². The average Bonchev–Trinajstić information content (AvgIpc) is 2.62. The summed E-state index contributed by atoms with van der Waals surface area (Å²) in [6.45, 7) is 3.68. The molecule has 4 bridgehead atoms. The first-order valence-corrected chi connectivity index (χ1v) is 10.9. The molecule has 1 N–H and O–H groups in total. The molecule has 0 amide bonds. The maximum atomic E-state index is 14.4. The van der Waals surface area contributed by atoms with Gasteiger partial charge in [0, 0.05) is 18.4 Å². The zero-order valence-corrected chi connectivity index (χ0v) is 16.5. The molecule has 1 aromatic rings. The van der Waals surface area contributed by atoms with Crippen LogP contribution in [0.1, 0.15) is 63.9 Å². The van der Waals surface area contributed by atoms with Crippen molar-refractivity contribution >= 4 is 5.78 Å². The molecule has 0 spiro atoms. The highest BCUT2D eigenvalue weighted by atomic mass is 19.1. The van der Waals surface area contributed by atoms with Gasteiger partial charge in [-0.05, 0) is 79.7 Å². The highest BCUT2D eigenvalue weighted by Crippen LogP contribution is 2.70. The number of hydrogen-bond acceptors (Lipinski definition) is 2. The zero-order chi connectivity index (χ0) is 18.7. The molecule has 1 aliphatic heterocycles. The second-order valence-electron chi connectivity index (χ2n) is 10.6. The molecule has 1 heterocycles. The first kappa shape index (κ1) is 17.8. The molecule has 3 heteroatoms. The van der Waals surface area contributed by atoms with Crippen molar-refractivity contribution < 1.29 is 9.18 Å². The van der Waals surface area contributed by atoms with E-state index in [0.29, 0.717) is 24.7 Å². The molecular weight excluding hydrogens is 337 g/mol. The number of halogens is 1. The number of ketones is 1. The number of carbonyl (C=O) groups is 1. The van der Waals surface area contributed by atoms with E-state index in [2.05, 4.69) is 42.6 Å². The van der Waals surface area contributed by atoms with Crippen LogP contribution in [0.25, 0.3) is 0 Å². The lowest BCUT2D eigenvalue weighted by Crippen LogP contribution is -2.60. The normalized spacial score (nSPS) is 45.8. The molecule has 4 aliphatic carbocycles. The predicted molar refractivity (Wildman–Crippen MR) is 105 cm³/mol. The molecule has 5 aliphatic rings. The number of piperidine rings is 1. The Balaban J connectivity index is 1.46. The fourth-order valence-electron chi connectivity index (χ4n) is 7.90. The van der Waals surface area contributed by atoms with Crippen molar-refractivity contribution in [3.8, 4) is 0 Å². The molecule has 5 fully saturated rings. The van der Waals surface area contributed by atoms with Gasteiger partial charge in [-0.1, -0.05) is 37.3 Å². The first-order valence-electron chi connectivity index (χ1n) is 10.9. The van der Waals surface area contributed by atoms with Gasteiger partial charge in [0.15, 0.2) is 0 Å². The Bertz CT molecular complexity index is 735. The van der Waals surface area contributed by atoms with Crippen molar-refractivity contribution in [2.24, 2.45) is 22.7 Å². The van der Waals surface area contributed by atoms with Crippen LogP contribution >= 0.6 is 0 Å². The Labute approximate surface area is 162 Å². The molecule has 4 unspecified atom stereocenters. The number of carbonyl (C=O) groups excluding carboxylic acids is 1. The Morgan fingerprint density at radius 2 is 1.96 bits per heavy atom. The minimum atomic E-state index is -0.865. The molecule has 2 nitrogen and oxygen atoms in total. The van der Waals surface area contributed by atoms with E-state index in [4.69, 9.17) is 0 Å². The zero-order valence-electron chi connectivity index (χ0n) is 16.5. The van der Waals surface area contributed by atoms with Crippen molar-refractivity contribution in [3.05, 3.63) is 35.9 Å². The topological polar surface area (TPSA) is 29.1 Å². The summed E-state index contributed by atoms with van der Waals surface area (Å²) < 4.78 is 14.4. The maximum absolute atomic E-state index is 14.4. The average molecular weight is 370 g/mol. The summed E-state index contributed by atoms with van der Waals surface area (Å²) in [5.41, 5.74) is 1.67. The lowest BCUT2D eigenvalue weighted by Gasteiger charge is -2.66. The molecule has 6 atom stereocenters. The second kappa shape index (κ2) is 6.14. The van der Waals surface area contributed by atoms with Gasteiger partial charge in [0.1, 0.15) is 12.0 Å². The lowest BCUT2D eigenvalue weighted by molar-refractivity contribution is -0.159. The van der Waals surface area contributed by atoms with E-state index >= 15 is 0 Å². The minimum absolute atomic E-state index is 0.0766. The van der Waals surface area contributed by atoms with Gasteiger partial charge in [-0.3, -0.25) is 4.79 Å². The van der Waals surface area contributed by atoms with Crippen molar-refractivity contribution in [3.63, 3.8) is 0 Å². The van der Waals surface area contributed by atoms with Crippen LogP contribution in [0.15, 0.2) is 30.3 Å².